The Labute approximate surface area is 164 Å². The van der Waals surface area contributed by atoms with E-state index in [9.17, 15) is 8.42 Å². The van der Waals surface area contributed by atoms with E-state index in [4.69, 9.17) is 4.74 Å². The average molecular weight is 398 g/mol. The fraction of sp³-hybridized carbons (Fsp3) is 0.200. The first-order chi connectivity index (χ1) is 13.4. The largest absolute Gasteiger partial charge is 0.497 e. The maximum atomic E-state index is 12.4. The van der Waals surface area contributed by atoms with Crippen molar-refractivity contribution in [3.8, 4) is 17.0 Å². The third-order valence-electron chi connectivity index (χ3n) is 4.28. The summed E-state index contributed by atoms with van der Waals surface area (Å²) in [5, 5.41) is 10.8. The number of benzene rings is 2. The Morgan fingerprint density at radius 2 is 1.79 bits per heavy atom. The van der Waals surface area contributed by atoms with Crippen LogP contribution in [-0.4, -0.2) is 31.9 Å². The maximum Gasteiger partial charge on any atom is 0.276 e. The number of aromatic amines is 1. The summed E-state index contributed by atoms with van der Waals surface area (Å²) in [6.07, 6.45) is 3.00. The van der Waals surface area contributed by atoms with Gasteiger partial charge in [0.25, 0.3) is 10.0 Å². The van der Waals surface area contributed by atoms with E-state index in [0.717, 1.165) is 22.6 Å². The minimum Gasteiger partial charge on any atom is -0.497 e. The molecule has 3 aromatic rings. The monoisotopic (exact) mass is 398 g/mol. The van der Waals surface area contributed by atoms with Crippen molar-refractivity contribution < 1.29 is 13.2 Å². The van der Waals surface area contributed by atoms with E-state index in [-0.39, 0.29) is 4.90 Å². The predicted molar refractivity (Wildman–Crippen MR) is 109 cm³/mol. The van der Waals surface area contributed by atoms with Gasteiger partial charge in [-0.2, -0.15) is 18.6 Å². The van der Waals surface area contributed by atoms with Crippen LogP contribution in [0.25, 0.3) is 11.3 Å². The molecule has 0 unspecified atom stereocenters. The average Bonchev–Trinajstić information content (AvgIpc) is 3.16. The number of hydrogen-bond donors (Lipinski definition) is 2. The number of H-pyrrole nitrogens is 1. The Morgan fingerprint density at radius 3 is 2.39 bits per heavy atom. The highest BCUT2D eigenvalue weighted by molar-refractivity contribution is 7.89. The first-order valence-corrected chi connectivity index (χ1v) is 10.2. The van der Waals surface area contributed by atoms with E-state index in [1.807, 2.05) is 24.3 Å². The quantitative estimate of drug-likeness (QED) is 0.470. The zero-order valence-corrected chi connectivity index (χ0v) is 16.7. The number of ether oxygens (including phenoxy) is 1. The molecule has 1 heterocycles. The molecule has 1 aromatic heterocycles. The van der Waals surface area contributed by atoms with Gasteiger partial charge in [0, 0.05) is 11.1 Å². The second kappa shape index (κ2) is 8.26. The lowest BCUT2D eigenvalue weighted by molar-refractivity contribution is 0.415. The molecule has 8 heteroatoms. The lowest BCUT2D eigenvalue weighted by atomic mass is 10.0. The summed E-state index contributed by atoms with van der Waals surface area (Å²) in [4.78, 5) is 2.40. The summed E-state index contributed by atoms with van der Waals surface area (Å²) in [6.45, 7) is 4.11. The van der Waals surface area contributed by atoms with Crippen LogP contribution in [0, 0.1) is 0 Å². The molecule has 28 heavy (non-hydrogen) atoms. The molecule has 0 atom stereocenters. The molecule has 7 nitrogen and oxygen atoms in total. The first-order valence-electron chi connectivity index (χ1n) is 8.73. The van der Waals surface area contributed by atoms with Crippen LogP contribution in [0.2, 0.25) is 0 Å². The van der Waals surface area contributed by atoms with Gasteiger partial charge in [0.2, 0.25) is 0 Å². The summed E-state index contributed by atoms with van der Waals surface area (Å²) in [5.41, 5.74) is 3.34. The highest BCUT2D eigenvalue weighted by Crippen LogP contribution is 2.23. The summed E-state index contributed by atoms with van der Waals surface area (Å²) in [7, 11) is -2.13. The highest BCUT2D eigenvalue weighted by atomic mass is 32.2. The van der Waals surface area contributed by atoms with E-state index in [0.29, 0.717) is 11.5 Å². The smallest absolute Gasteiger partial charge is 0.276 e. The Kier molecular flexibility index (Phi) is 5.79. The topological polar surface area (TPSA) is 96.4 Å². The van der Waals surface area contributed by atoms with Gasteiger partial charge in [-0.25, -0.2) is 4.83 Å². The van der Waals surface area contributed by atoms with Crippen LogP contribution in [0.4, 0.5) is 0 Å². The Balaban J connectivity index is 1.75. The van der Waals surface area contributed by atoms with Crippen molar-refractivity contribution in [2.24, 2.45) is 5.10 Å². The van der Waals surface area contributed by atoms with Crippen molar-refractivity contribution in [3.63, 3.8) is 0 Å². The maximum absolute atomic E-state index is 12.4. The van der Waals surface area contributed by atoms with E-state index >= 15 is 0 Å². The molecule has 0 spiro atoms. The third kappa shape index (κ3) is 4.40. The zero-order valence-electron chi connectivity index (χ0n) is 15.9. The fourth-order valence-electron chi connectivity index (χ4n) is 2.63. The van der Waals surface area contributed by atoms with E-state index in [1.54, 1.807) is 37.6 Å². The van der Waals surface area contributed by atoms with Crippen molar-refractivity contribution in [1.82, 2.24) is 15.0 Å². The first kappa shape index (κ1) is 19.6. The lowest BCUT2D eigenvalue weighted by Crippen LogP contribution is -2.18. The Hall–Kier alpha value is -3.13. The number of sulfonamides is 1. The molecule has 3 rings (SSSR count). The van der Waals surface area contributed by atoms with Gasteiger partial charge in [-0.3, -0.25) is 5.10 Å². The van der Waals surface area contributed by atoms with Crippen LogP contribution >= 0.6 is 0 Å². The van der Waals surface area contributed by atoms with Gasteiger partial charge in [-0.05, 0) is 47.9 Å². The molecule has 0 fully saturated rings. The molecular weight excluding hydrogens is 376 g/mol. The number of rotatable bonds is 7. The van der Waals surface area contributed by atoms with Crippen LogP contribution < -0.4 is 9.57 Å². The van der Waals surface area contributed by atoms with Crippen LogP contribution in [0.15, 0.2) is 64.7 Å². The minimum absolute atomic E-state index is 0.164. The van der Waals surface area contributed by atoms with E-state index < -0.39 is 10.0 Å². The standard InChI is InChI=1S/C20H22N4O3S/c1-14(2)15-6-10-19(11-7-15)28(25,26)24-22-13-17-12-21-23-20(17)16-4-8-18(27-3)9-5-16/h4-14,24H,1-3H3,(H,21,23)/b22-13+. The summed E-state index contributed by atoms with van der Waals surface area (Å²) in [6, 6.07) is 14.2. The molecule has 0 radical (unpaired) electrons. The molecular formula is C20H22N4O3S. The second-order valence-corrected chi connectivity index (χ2v) is 8.17. The number of nitrogens with one attached hydrogen (secondary N) is 2. The number of nitrogens with zero attached hydrogens (tertiary/aromatic N) is 2. The summed E-state index contributed by atoms with van der Waals surface area (Å²) in [5.74, 6) is 1.08. The highest BCUT2D eigenvalue weighted by Gasteiger charge is 2.13. The molecule has 146 valence electrons. The second-order valence-electron chi connectivity index (χ2n) is 6.51. The van der Waals surface area contributed by atoms with Crippen molar-refractivity contribution in [1.29, 1.82) is 0 Å². The van der Waals surface area contributed by atoms with Gasteiger partial charge in [-0.15, -0.1) is 0 Å². The molecule has 0 amide bonds. The summed E-state index contributed by atoms with van der Waals surface area (Å²) >= 11 is 0. The van der Waals surface area contributed by atoms with Crippen LogP contribution in [0.3, 0.4) is 0 Å². The molecule has 0 bridgehead atoms. The number of methoxy groups -OCH3 is 1. The number of hydrazone groups is 1. The number of aromatic nitrogens is 2. The van der Waals surface area contributed by atoms with Crippen LogP contribution in [0.1, 0.15) is 30.9 Å². The van der Waals surface area contributed by atoms with Crippen molar-refractivity contribution >= 4 is 16.2 Å². The SMILES string of the molecule is COc1ccc(-c2[nH]ncc2/C=N/NS(=O)(=O)c2ccc(C(C)C)cc2)cc1. The molecule has 0 saturated heterocycles. The van der Waals surface area contributed by atoms with Crippen molar-refractivity contribution in [3.05, 3.63) is 65.9 Å². The van der Waals surface area contributed by atoms with Gasteiger partial charge in [-0.1, -0.05) is 26.0 Å². The molecule has 0 aliphatic carbocycles. The van der Waals surface area contributed by atoms with Gasteiger partial charge in [0.05, 0.1) is 30.1 Å². The van der Waals surface area contributed by atoms with Crippen molar-refractivity contribution in [2.45, 2.75) is 24.7 Å². The van der Waals surface area contributed by atoms with Crippen LogP contribution in [-0.2, 0) is 10.0 Å². The van der Waals surface area contributed by atoms with Crippen LogP contribution in [0.5, 0.6) is 5.75 Å². The predicted octanol–water partition coefficient (Wildman–Crippen LogP) is 3.52. The molecule has 0 saturated carbocycles. The lowest BCUT2D eigenvalue weighted by Gasteiger charge is -2.07. The molecule has 0 aliphatic rings. The van der Waals surface area contributed by atoms with E-state index in [2.05, 4.69) is 34.0 Å². The molecule has 0 aliphatic heterocycles. The Bertz CT molecular complexity index is 1050. The fourth-order valence-corrected chi connectivity index (χ4v) is 3.42. The number of hydrogen-bond acceptors (Lipinski definition) is 5. The van der Waals surface area contributed by atoms with Gasteiger partial charge >= 0.3 is 0 Å². The normalized spacial score (nSPS) is 11.9. The van der Waals surface area contributed by atoms with Gasteiger partial charge < -0.3 is 4.74 Å². The zero-order chi connectivity index (χ0) is 20.1. The van der Waals surface area contributed by atoms with E-state index in [1.165, 1.54) is 6.21 Å². The Morgan fingerprint density at radius 1 is 1.11 bits per heavy atom. The molecule has 2 aromatic carbocycles. The minimum atomic E-state index is -3.74. The van der Waals surface area contributed by atoms with Gasteiger partial charge in [0.15, 0.2) is 0 Å². The molecule has 2 N–H and O–H groups in total. The van der Waals surface area contributed by atoms with Crippen molar-refractivity contribution in [2.75, 3.05) is 7.11 Å². The summed E-state index contributed by atoms with van der Waals surface area (Å²) < 4.78 is 30.0. The van der Waals surface area contributed by atoms with Gasteiger partial charge in [0.1, 0.15) is 5.75 Å². The third-order valence-corrected chi connectivity index (χ3v) is 5.52.